The van der Waals surface area contributed by atoms with E-state index in [0.717, 1.165) is 18.0 Å². The number of aryl methyl sites for hydroxylation is 1. The van der Waals surface area contributed by atoms with Gasteiger partial charge in [0.1, 0.15) is 0 Å². The van der Waals surface area contributed by atoms with E-state index >= 15 is 0 Å². The number of hydrogen-bond donors (Lipinski definition) is 1. The Morgan fingerprint density at radius 2 is 1.53 bits per heavy atom. The minimum atomic E-state index is 0.447. The van der Waals surface area contributed by atoms with E-state index in [0.29, 0.717) is 6.04 Å². The van der Waals surface area contributed by atoms with Crippen molar-refractivity contribution in [1.82, 2.24) is 5.32 Å². The number of nitrogens with one attached hydrogen (secondary N) is 1. The van der Waals surface area contributed by atoms with Crippen LogP contribution in [0.4, 0.5) is 0 Å². The van der Waals surface area contributed by atoms with Crippen LogP contribution in [-0.4, -0.2) is 6.04 Å². The van der Waals surface area contributed by atoms with Gasteiger partial charge in [-0.1, -0.05) is 53.6 Å². The van der Waals surface area contributed by atoms with Gasteiger partial charge in [0.15, 0.2) is 0 Å². The number of rotatable bonds is 5. The maximum atomic E-state index is 5.89. The Labute approximate surface area is 120 Å². The maximum absolute atomic E-state index is 5.89. The van der Waals surface area contributed by atoms with Crippen LogP contribution in [0.3, 0.4) is 0 Å². The fourth-order valence-corrected chi connectivity index (χ4v) is 2.17. The Morgan fingerprint density at radius 3 is 2.16 bits per heavy atom. The summed E-state index contributed by atoms with van der Waals surface area (Å²) in [5.41, 5.74) is 3.94. The van der Waals surface area contributed by atoms with E-state index in [9.17, 15) is 0 Å². The summed E-state index contributed by atoms with van der Waals surface area (Å²) in [5.74, 6) is 0. The zero-order valence-electron chi connectivity index (χ0n) is 11.5. The molecule has 1 N–H and O–H groups in total. The Kier molecular flexibility index (Phi) is 5.00. The second kappa shape index (κ2) is 6.74. The molecule has 0 fully saturated rings. The van der Waals surface area contributed by atoms with E-state index < -0.39 is 0 Å². The minimum absolute atomic E-state index is 0.447. The molecule has 0 aliphatic rings. The molecule has 2 aromatic carbocycles. The summed E-state index contributed by atoms with van der Waals surface area (Å²) in [5, 5.41) is 4.34. The lowest BCUT2D eigenvalue weighted by molar-refractivity contribution is 0.545. The summed E-state index contributed by atoms with van der Waals surface area (Å²) in [6, 6.07) is 17.2. The fourth-order valence-electron chi connectivity index (χ4n) is 2.04. The first-order valence-corrected chi connectivity index (χ1v) is 7.04. The van der Waals surface area contributed by atoms with Gasteiger partial charge in [-0.25, -0.2) is 0 Å². The van der Waals surface area contributed by atoms with Crippen molar-refractivity contribution in [2.24, 2.45) is 0 Å². The zero-order chi connectivity index (χ0) is 13.7. The number of benzene rings is 2. The quantitative estimate of drug-likeness (QED) is 0.853. The lowest BCUT2D eigenvalue weighted by Gasteiger charge is -2.14. The van der Waals surface area contributed by atoms with Crippen LogP contribution < -0.4 is 5.32 Å². The zero-order valence-corrected chi connectivity index (χ0v) is 12.2. The molecule has 1 nitrogen and oxygen atoms in total. The van der Waals surface area contributed by atoms with Gasteiger partial charge in [-0.3, -0.25) is 0 Å². The molecule has 0 aromatic heterocycles. The molecule has 0 saturated carbocycles. The molecule has 0 saturated heterocycles. The van der Waals surface area contributed by atoms with Crippen LogP contribution >= 0.6 is 11.6 Å². The molecule has 100 valence electrons. The van der Waals surface area contributed by atoms with Gasteiger partial charge in [0.25, 0.3) is 0 Å². The van der Waals surface area contributed by atoms with E-state index in [1.54, 1.807) is 0 Å². The first-order chi connectivity index (χ1) is 9.13. The van der Waals surface area contributed by atoms with Crippen molar-refractivity contribution in [2.45, 2.75) is 32.9 Å². The Bertz CT molecular complexity index is 502. The van der Waals surface area contributed by atoms with E-state index in [1.165, 1.54) is 16.7 Å². The van der Waals surface area contributed by atoms with Gasteiger partial charge in [0.2, 0.25) is 0 Å². The van der Waals surface area contributed by atoms with Crippen LogP contribution in [-0.2, 0) is 13.0 Å². The lowest BCUT2D eigenvalue weighted by atomic mass is 10.1. The Balaban J connectivity index is 1.82. The van der Waals surface area contributed by atoms with E-state index in [2.05, 4.69) is 55.6 Å². The molecule has 1 atom stereocenters. The standard InChI is InChI=1S/C17H20ClN/c1-13-3-5-16(6-4-13)12-19-14(2)11-15-7-9-17(18)10-8-15/h3-10,14,19H,11-12H2,1-2H3. The largest absolute Gasteiger partial charge is 0.310 e. The third-order valence-corrected chi connectivity index (χ3v) is 3.48. The highest BCUT2D eigenvalue weighted by atomic mass is 35.5. The highest BCUT2D eigenvalue weighted by molar-refractivity contribution is 6.30. The molecule has 2 rings (SSSR count). The van der Waals surface area contributed by atoms with Crippen LogP contribution in [0.5, 0.6) is 0 Å². The summed E-state index contributed by atoms with van der Waals surface area (Å²) in [6.07, 6.45) is 1.02. The Hall–Kier alpha value is -1.31. The lowest BCUT2D eigenvalue weighted by Crippen LogP contribution is -2.27. The van der Waals surface area contributed by atoms with E-state index in [1.807, 2.05) is 12.1 Å². The van der Waals surface area contributed by atoms with Gasteiger partial charge in [0.05, 0.1) is 0 Å². The molecule has 2 aromatic rings. The van der Waals surface area contributed by atoms with Gasteiger partial charge >= 0.3 is 0 Å². The Morgan fingerprint density at radius 1 is 0.947 bits per heavy atom. The van der Waals surface area contributed by atoms with Crippen LogP contribution in [0, 0.1) is 6.92 Å². The third kappa shape index (κ3) is 4.70. The van der Waals surface area contributed by atoms with Crippen molar-refractivity contribution in [3.8, 4) is 0 Å². The second-order valence-corrected chi connectivity index (χ2v) is 5.53. The number of hydrogen-bond acceptors (Lipinski definition) is 1. The average molecular weight is 274 g/mol. The van der Waals surface area contributed by atoms with Crippen LogP contribution in [0.15, 0.2) is 48.5 Å². The normalized spacial score (nSPS) is 12.4. The SMILES string of the molecule is Cc1ccc(CNC(C)Cc2ccc(Cl)cc2)cc1. The first-order valence-electron chi connectivity index (χ1n) is 6.67. The average Bonchev–Trinajstić information content (AvgIpc) is 2.41. The summed E-state index contributed by atoms with van der Waals surface area (Å²) in [4.78, 5) is 0. The molecule has 19 heavy (non-hydrogen) atoms. The van der Waals surface area contributed by atoms with Crippen LogP contribution in [0.2, 0.25) is 5.02 Å². The van der Waals surface area contributed by atoms with Crippen molar-refractivity contribution in [3.63, 3.8) is 0 Å². The van der Waals surface area contributed by atoms with Gasteiger partial charge in [0, 0.05) is 17.6 Å². The van der Waals surface area contributed by atoms with Gasteiger partial charge < -0.3 is 5.32 Å². The maximum Gasteiger partial charge on any atom is 0.0406 e. The van der Waals surface area contributed by atoms with Crippen molar-refractivity contribution < 1.29 is 0 Å². The van der Waals surface area contributed by atoms with Crippen LogP contribution in [0.1, 0.15) is 23.6 Å². The summed E-state index contributed by atoms with van der Waals surface area (Å²) in [7, 11) is 0. The highest BCUT2D eigenvalue weighted by Gasteiger charge is 2.03. The predicted molar refractivity (Wildman–Crippen MR) is 82.6 cm³/mol. The van der Waals surface area contributed by atoms with Gasteiger partial charge in [-0.2, -0.15) is 0 Å². The van der Waals surface area contributed by atoms with Crippen molar-refractivity contribution in [1.29, 1.82) is 0 Å². The molecule has 0 aliphatic heterocycles. The smallest absolute Gasteiger partial charge is 0.0406 e. The third-order valence-electron chi connectivity index (χ3n) is 3.23. The predicted octanol–water partition coefficient (Wildman–Crippen LogP) is 4.37. The summed E-state index contributed by atoms with van der Waals surface area (Å²) < 4.78 is 0. The van der Waals surface area contributed by atoms with Crippen molar-refractivity contribution >= 4 is 11.6 Å². The molecule has 0 heterocycles. The molecule has 1 unspecified atom stereocenters. The molecule has 0 spiro atoms. The molecule has 0 amide bonds. The molecular formula is C17H20ClN. The van der Waals surface area contributed by atoms with Crippen molar-refractivity contribution in [3.05, 3.63) is 70.2 Å². The monoisotopic (exact) mass is 273 g/mol. The van der Waals surface area contributed by atoms with E-state index in [-0.39, 0.29) is 0 Å². The number of halogens is 1. The van der Waals surface area contributed by atoms with Gasteiger partial charge in [-0.15, -0.1) is 0 Å². The fraction of sp³-hybridized carbons (Fsp3) is 0.294. The second-order valence-electron chi connectivity index (χ2n) is 5.10. The van der Waals surface area contributed by atoms with Crippen molar-refractivity contribution in [2.75, 3.05) is 0 Å². The molecule has 2 heteroatoms. The van der Waals surface area contributed by atoms with Gasteiger partial charge in [-0.05, 0) is 43.5 Å². The molecular weight excluding hydrogens is 254 g/mol. The van der Waals surface area contributed by atoms with E-state index in [4.69, 9.17) is 11.6 Å². The highest BCUT2D eigenvalue weighted by Crippen LogP contribution is 2.11. The topological polar surface area (TPSA) is 12.0 Å². The minimum Gasteiger partial charge on any atom is -0.310 e. The first kappa shape index (κ1) is 14.1. The van der Waals surface area contributed by atoms with Crippen LogP contribution in [0.25, 0.3) is 0 Å². The molecule has 0 aliphatic carbocycles. The summed E-state index contributed by atoms with van der Waals surface area (Å²) >= 11 is 5.89. The molecule has 0 radical (unpaired) electrons. The summed E-state index contributed by atoms with van der Waals surface area (Å²) in [6.45, 7) is 5.23. The molecule has 0 bridgehead atoms.